The molecule has 0 spiro atoms. The van der Waals surface area contributed by atoms with E-state index in [2.05, 4.69) is 72.1 Å². The molecule has 0 aliphatic carbocycles. The van der Waals surface area contributed by atoms with Crippen LogP contribution in [-0.2, 0) is 7.05 Å². The van der Waals surface area contributed by atoms with Gasteiger partial charge in [0.05, 0.1) is 5.56 Å². The summed E-state index contributed by atoms with van der Waals surface area (Å²) >= 11 is 0. The predicted molar refractivity (Wildman–Crippen MR) is 113 cm³/mol. The predicted octanol–water partition coefficient (Wildman–Crippen LogP) is 5.90. The van der Waals surface area contributed by atoms with Gasteiger partial charge >= 0.3 is 0 Å². The van der Waals surface area contributed by atoms with E-state index in [0.29, 0.717) is 5.71 Å². The quantitative estimate of drug-likeness (QED) is 0.281. The van der Waals surface area contributed by atoms with Crippen LogP contribution in [0.4, 0.5) is 4.39 Å². The molecule has 5 rings (SSSR count). The lowest BCUT2D eigenvalue weighted by Crippen LogP contribution is -2.30. The van der Waals surface area contributed by atoms with E-state index in [1.54, 1.807) is 6.07 Å². The molecule has 29 heavy (non-hydrogen) atoms. The molecule has 0 bridgehead atoms. The normalized spacial score (nSPS) is 11.4. The van der Waals surface area contributed by atoms with Crippen LogP contribution in [0, 0.1) is 19.8 Å². The van der Waals surface area contributed by atoms with Gasteiger partial charge < -0.3 is 4.42 Å². The van der Waals surface area contributed by atoms with Crippen molar-refractivity contribution in [1.82, 2.24) is 4.98 Å². The Balaban J connectivity index is 1.79. The zero-order valence-corrected chi connectivity index (χ0v) is 16.5. The van der Waals surface area contributed by atoms with Crippen molar-refractivity contribution in [3.63, 3.8) is 0 Å². The summed E-state index contributed by atoms with van der Waals surface area (Å²) < 4.78 is 21.8. The molecular weight excluding hydrogens is 363 g/mol. The van der Waals surface area contributed by atoms with Gasteiger partial charge in [-0.25, -0.2) is 4.57 Å². The summed E-state index contributed by atoms with van der Waals surface area (Å²) in [7, 11) is 2.02. The van der Waals surface area contributed by atoms with Crippen LogP contribution in [0.25, 0.3) is 44.5 Å². The molecule has 3 nitrogen and oxygen atoms in total. The van der Waals surface area contributed by atoms with Crippen LogP contribution in [0.2, 0.25) is 0 Å². The first-order valence-corrected chi connectivity index (χ1v) is 9.57. The van der Waals surface area contributed by atoms with Gasteiger partial charge in [0.25, 0.3) is 0 Å². The summed E-state index contributed by atoms with van der Waals surface area (Å²) in [4.78, 5) is 3.93. The van der Waals surface area contributed by atoms with E-state index in [9.17, 15) is 4.39 Å². The Hall–Kier alpha value is -3.53. The largest absolute Gasteiger partial charge is 0.437 e. The smallest absolute Gasteiger partial charge is 0.229 e. The molecule has 142 valence electrons. The third kappa shape index (κ3) is 2.88. The minimum Gasteiger partial charge on any atom is -0.437 e. The highest BCUT2D eigenvalue weighted by Crippen LogP contribution is 2.37. The SMILES string of the molecule is Cc1ccc(-c2cc[n+](C)c(-c3c(C)ccc4c3oc3nc(F)ccc34)c2)cc1. The molecule has 0 fully saturated rings. The fraction of sp³-hybridized carbons (Fsp3) is 0.120. The van der Waals surface area contributed by atoms with Gasteiger partial charge in [-0.3, -0.25) is 0 Å². The van der Waals surface area contributed by atoms with Gasteiger partial charge in [0, 0.05) is 22.9 Å². The number of hydrogen-bond acceptors (Lipinski definition) is 2. The van der Waals surface area contributed by atoms with Crippen molar-refractivity contribution in [2.75, 3.05) is 0 Å². The summed E-state index contributed by atoms with van der Waals surface area (Å²) in [6, 6.07) is 20.0. The molecule has 0 aliphatic heterocycles. The van der Waals surface area contributed by atoms with E-state index < -0.39 is 5.95 Å². The number of rotatable bonds is 2. The molecule has 0 aliphatic rings. The Morgan fingerprint density at radius 3 is 2.41 bits per heavy atom. The molecule has 0 radical (unpaired) electrons. The standard InChI is InChI=1S/C25H20FN2O/c1-15-4-7-17(8-5-15)18-12-13-28(3)21(14-18)23-16(2)6-9-19-20-10-11-22(26)27-25(20)29-24(19)23/h4-14H,1-3H3/q+1. The van der Waals surface area contributed by atoms with Crippen molar-refractivity contribution in [3.8, 4) is 22.4 Å². The maximum atomic E-state index is 13.6. The van der Waals surface area contributed by atoms with Gasteiger partial charge in [0.2, 0.25) is 17.4 Å². The molecule has 0 saturated heterocycles. The second-order valence-electron chi connectivity index (χ2n) is 7.50. The van der Waals surface area contributed by atoms with Crippen LogP contribution >= 0.6 is 0 Å². The molecule has 0 amide bonds. The molecule has 0 saturated carbocycles. The van der Waals surface area contributed by atoms with Crippen molar-refractivity contribution >= 4 is 22.1 Å². The molecule has 3 aromatic heterocycles. The maximum absolute atomic E-state index is 13.6. The molecule has 2 aromatic carbocycles. The van der Waals surface area contributed by atoms with Gasteiger partial charge in [0.1, 0.15) is 7.05 Å². The second-order valence-corrected chi connectivity index (χ2v) is 7.50. The summed E-state index contributed by atoms with van der Waals surface area (Å²) in [6.45, 7) is 4.15. The Labute approximate surface area is 168 Å². The monoisotopic (exact) mass is 383 g/mol. The number of halogens is 1. The number of nitrogens with zero attached hydrogens (tertiary/aromatic N) is 2. The van der Waals surface area contributed by atoms with Crippen LogP contribution in [0.5, 0.6) is 0 Å². The van der Waals surface area contributed by atoms with Crippen LogP contribution in [0.15, 0.2) is 71.3 Å². The van der Waals surface area contributed by atoms with Crippen LogP contribution < -0.4 is 4.57 Å². The third-order valence-electron chi connectivity index (χ3n) is 5.47. The summed E-state index contributed by atoms with van der Waals surface area (Å²) in [5.74, 6) is -0.540. The second kappa shape index (κ2) is 6.52. The Bertz CT molecular complexity index is 1380. The van der Waals surface area contributed by atoms with Crippen molar-refractivity contribution in [2.45, 2.75) is 13.8 Å². The molecule has 4 heteroatoms. The number of aryl methyl sites for hydroxylation is 3. The number of aromatic nitrogens is 2. The van der Waals surface area contributed by atoms with Crippen LogP contribution in [0.1, 0.15) is 11.1 Å². The highest BCUT2D eigenvalue weighted by Gasteiger charge is 2.22. The van der Waals surface area contributed by atoms with E-state index in [0.717, 1.165) is 44.3 Å². The molecule has 0 N–H and O–H groups in total. The van der Waals surface area contributed by atoms with E-state index in [-0.39, 0.29) is 0 Å². The van der Waals surface area contributed by atoms with Gasteiger partial charge in [-0.05, 0) is 42.7 Å². The number of benzene rings is 2. The fourth-order valence-electron chi connectivity index (χ4n) is 3.86. The molecular formula is C25H20FN2O+. The average molecular weight is 383 g/mol. The molecule has 0 atom stereocenters. The lowest BCUT2D eigenvalue weighted by Gasteiger charge is -2.08. The van der Waals surface area contributed by atoms with Gasteiger partial charge in [-0.15, -0.1) is 0 Å². The first-order valence-electron chi connectivity index (χ1n) is 9.57. The minimum absolute atomic E-state index is 0.323. The van der Waals surface area contributed by atoms with Crippen LogP contribution in [0.3, 0.4) is 0 Å². The lowest BCUT2D eigenvalue weighted by molar-refractivity contribution is -0.660. The summed E-state index contributed by atoms with van der Waals surface area (Å²) in [6.07, 6.45) is 2.06. The van der Waals surface area contributed by atoms with Gasteiger partial charge in [-0.2, -0.15) is 9.37 Å². The van der Waals surface area contributed by atoms with Gasteiger partial charge in [-0.1, -0.05) is 42.0 Å². The van der Waals surface area contributed by atoms with Crippen molar-refractivity contribution in [2.24, 2.45) is 7.05 Å². The Kier molecular flexibility index (Phi) is 3.95. The number of hydrogen-bond donors (Lipinski definition) is 0. The highest BCUT2D eigenvalue weighted by atomic mass is 19.1. The van der Waals surface area contributed by atoms with Crippen molar-refractivity contribution in [1.29, 1.82) is 0 Å². The number of furan rings is 1. The first-order chi connectivity index (χ1) is 14.0. The molecule has 0 unspecified atom stereocenters. The fourth-order valence-corrected chi connectivity index (χ4v) is 3.86. The number of fused-ring (bicyclic) bond motifs is 3. The minimum atomic E-state index is -0.540. The zero-order chi connectivity index (χ0) is 20.1. The maximum Gasteiger partial charge on any atom is 0.229 e. The Morgan fingerprint density at radius 1 is 0.862 bits per heavy atom. The highest BCUT2D eigenvalue weighted by molar-refractivity contribution is 6.08. The topological polar surface area (TPSA) is 29.9 Å². The summed E-state index contributed by atoms with van der Waals surface area (Å²) in [5.41, 5.74) is 7.71. The molecule has 3 heterocycles. The van der Waals surface area contributed by atoms with Crippen molar-refractivity contribution < 1.29 is 13.4 Å². The van der Waals surface area contributed by atoms with Gasteiger partial charge in [0.15, 0.2) is 11.8 Å². The van der Waals surface area contributed by atoms with E-state index >= 15 is 0 Å². The number of pyridine rings is 2. The first kappa shape index (κ1) is 17.6. The Morgan fingerprint density at radius 2 is 1.62 bits per heavy atom. The summed E-state index contributed by atoms with van der Waals surface area (Å²) in [5, 5.41) is 1.76. The van der Waals surface area contributed by atoms with E-state index in [1.807, 2.05) is 13.1 Å². The van der Waals surface area contributed by atoms with Crippen molar-refractivity contribution in [3.05, 3.63) is 83.9 Å². The molecule has 5 aromatic rings. The lowest BCUT2D eigenvalue weighted by atomic mass is 9.98. The third-order valence-corrected chi connectivity index (χ3v) is 5.47. The van der Waals surface area contributed by atoms with E-state index in [4.69, 9.17) is 4.42 Å². The zero-order valence-electron chi connectivity index (χ0n) is 16.5. The van der Waals surface area contributed by atoms with Crippen LogP contribution in [-0.4, -0.2) is 4.98 Å². The average Bonchev–Trinajstić information content (AvgIpc) is 3.07. The van der Waals surface area contributed by atoms with E-state index in [1.165, 1.54) is 11.6 Å².